The number of methoxy groups -OCH3 is 1. The highest BCUT2D eigenvalue weighted by molar-refractivity contribution is 9.10. The van der Waals surface area contributed by atoms with Gasteiger partial charge in [0.2, 0.25) is 0 Å². The molecule has 0 spiro atoms. The van der Waals surface area contributed by atoms with Crippen molar-refractivity contribution in [3.63, 3.8) is 0 Å². The number of halogens is 5. The largest absolute Gasteiger partial charge is 0.573 e. The Bertz CT molecular complexity index is 395. The molecule has 96 valence electrons. The molecule has 0 aliphatic rings. The zero-order chi connectivity index (χ0) is 13.1. The fourth-order valence-corrected chi connectivity index (χ4v) is 1.39. The Labute approximate surface area is 102 Å². The first-order valence-corrected chi connectivity index (χ1v) is 5.00. The van der Waals surface area contributed by atoms with E-state index in [9.17, 15) is 17.6 Å². The summed E-state index contributed by atoms with van der Waals surface area (Å²) in [4.78, 5) is 0. The monoisotopic (exact) mass is 318 g/mol. The number of hydrogen-bond acceptors (Lipinski definition) is 3. The lowest BCUT2D eigenvalue weighted by Gasteiger charge is -2.12. The summed E-state index contributed by atoms with van der Waals surface area (Å²) in [6.45, 7) is -0.155. The Morgan fingerprint density at radius 3 is 2.35 bits per heavy atom. The molecule has 1 rings (SSSR count). The van der Waals surface area contributed by atoms with Crippen LogP contribution in [0.1, 0.15) is 0 Å². The molecule has 0 unspecified atom stereocenters. The molecule has 1 aromatic rings. The number of hydrogen-bond donors (Lipinski definition) is 0. The average Bonchev–Trinajstić information content (AvgIpc) is 2.22. The van der Waals surface area contributed by atoms with Crippen LogP contribution in [0.2, 0.25) is 0 Å². The molecule has 0 atom stereocenters. The van der Waals surface area contributed by atoms with E-state index in [-0.39, 0.29) is 17.0 Å². The summed E-state index contributed by atoms with van der Waals surface area (Å²) in [5.41, 5.74) is 0. The van der Waals surface area contributed by atoms with Crippen LogP contribution in [0.25, 0.3) is 0 Å². The zero-order valence-electron chi connectivity index (χ0n) is 8.48. The van der Waals surface area contributed by atoms with Crippen molar-refractivity contribution in [2.24, 2.45) is 0 Å². The van der Waals surface area contributed by atoms with Crippen molar-refractivity contribution in [2.75, 3.05) is 13.9 Å². The van der Waals surface area contributed by atoms with Crippen molar-refractivity contribution >= 4 is 15.9 Å². The number of alkyl halides is 3. The minimum atomic E-state index is -4.95. The normalized spacial score (nSPS) is 11.4. The smallest absolute Gasteiger partial charge is 0.466 e. The maximum atomic E-state index is 13.4. The summed E-state index contributed by atoms with van der Waals surface area (Å²) in [5.74, 6) is -2.12. The summed E-state index contributed by atoms with van der Waals surface area (Å²) < 4.78 is 61.8. The zero-order valence-corrected chi connectivity index (χ0v) is 10.1. The molecule has 1 aromatic carbocycles. The lowest BCUT2D eigenvalue weighted by Crippen LogP contribution is -2.18. The van der Waals surface area contributed by atoms with E-state index in [1.165, 1.54) is 7.11 Å². The average molecular weight is 319 g/mol. The van der Waals surface area contributed by atoms with Crippen LogP contribution in [-0.4, -0.2) is 20.3 Å². The van der Waals surface area contributed by atoms with E-state index in [1.807, 2.05) is 0 Å². The third-order valence-electron chi connectivity index (χ3n) is 1.57. The molecule has 0 aromatic heterocycles. The third-order valence-corrected chi connectivity index (χ3v) is 2.31. The SMILES string of the molecule is COCOc1ccc(OC(F)(F)F)c(F)c1Br. The summed E-state index contributed by atoms with van der Waals surface area (Å²) in [7, 11) is 1.35. The molecule has 0 fully saturated rings. The van der Waals surface area contributed by atoms with Gasteiger partial charge in [-0.1, -0.05) is 0 Å². The standard InChI is InChI=1S/C9H7BrF4O3/c1-15-4-16-5-2-3-6(8(11)7(5)10)17-9(12,13)14/h2-3H,4H2,1H3. The van der Waals surface area contributed by atoms with Gasteiger partial charge in [-0.25, -0.2) is 4.39 Å². The lowest BCUT2D eigenvalue weighted by atomic mass is 10.3. The molecule has 0 radical (unpaired) electrons. The fourth-order valence-electron chi connectivity index (χ4n) is 0.951. The molecule has 0 heterocycles. The molecular formula is C9H7BrF4O3. The Morgan fingerprint density at radius 1 is 1.24 bits per heavy atom. The van der Waals surface area contributed by atoms with E-state index in [0.29, 0.717) is 0 Å². The molecular weight excluding hydrogens is 312 g/mol. The van der Waals surface area contributed by atoms with Gasteiger partial charge in [-0.15, -0.1) is 13.2 Å². The van der Waals surface area contributed by atoms with E-state index in [0.717, 1.165) is 12.1 Å². The molecule has 8 heteroatoms. The Hall–Kier alpha value is -1.02. The molecule has 0 amide bonds. The van der Waals surface area contributed by atoms with Crippen LogP contribution in [-0.2, 0) is 4.74 Å². The van der Waals surface area contributed by atoms with Crippen molar-refractivity contribution in [3.05, 3.63) is 22.4 Å². The summed E-state index contributed by atoms with van der Waals surface area (Å²) in [5, 5.41) is 0. The van der Waals surface area contributed by atoms with Crippen LogP contribution >= 0.6 is 15.9 Å². The van der Waals surface area contributed by atoms with Gasteiger partial charge in [0.25, 0.3) is 0 Å². The van der Waals surface area contributed by atoms with Gasteiger partial charge in [0.1, 0.15) is 5.75 Å². The van der Waals surface area contributed by atoms with Gasteiger partial charge < -0.3 is 14.2 Å². The predicted octanol–water partition coefficient (Wildman–Crippen LogP) is 3.47. The van der Waals surface area contributed by atoms with Crippen LogP contribution < -0.4 is 9.47 Å². The molecule has 0 saturated carbocycles. The number of rotatable bonds is 4. The summed E-state index contributed by atoms with van der Waals surface area (Å²) in [6, 6.07) is 1.95. The topological polar surface area (TPSA) is 27.7 Å². The van der Waals surface area contributed by atoms with Gasteiger partial charge in [0.15, 0.2) is 18.4 Å². The van der Waals surface area contributed by atoms with E-state index in [4.69, 9.17) is 4.74 Å². The first-order chi connectivity index (χ1) is 7.85. The first kappa shape index (κ1) is 14.0. The second-order valence-electron chi connectivity index (χ2n) is 2.79. The minimum Gasteiger partial charge on any atom is -0.466 e. The molecule has 0 aliphatic heterocycles. The minimum absolute atomic E-state index is 0.0128. The van der Waals surface area contributed by atoms with Crippen LogP contribution in [0.3, 0.4) is 0 Å². The second-order valence-corrected chi connectivity index (χ2v) is 3.58. The van der Waals surface area contributed by atoms with Gasteiger partial charge in [-0.05, 0) is 28.1 Å². The van der Waals surface area contributed by atoms with Gasteiger partial charge in [0, 0.05) is 7.11 Å². The lowest BCUT2D eigenvalue weighted by molar-refractivity contribution is -0.275. The van der Waals surface area contributed by atoms with Crippen LogP contribution in [0, 0.1) is 5.82 Å². The fraction of sp³-hybridized carbons (Fsp3) is 0.333. The predicted molar refractivity (Wildman–Crippen MR) is 53.3 cm³/mol. The molecule has 0 saturated heterocycles. The van der Waals surface area contributed by atoms with E-state index < -0.39 is 17.9 Å². The molecule has 0 bridgehead atoms. The highest BCUT2D eigenvalue weighted by Gasteiger charge is 2.33. The number of benzene rings is 1. The van der Waals surface area contributed by atoms with Gasteiger partial charge in [0.05, 0.1) is 4.47 Å². The maximum absolute atomic E-state index is 13.4. The quantitative estimate of drug-likeness (QED) is 0.628. The molecule has 17 heavy (non-hydrogen) atoms. The van der Waals surface area contributed by atoms with Crippen molar-refractivity contribution in [2.45, 2.75) is 6.36 Å². The molecule has 3 nitrogen and oxygen atoms in total. The van der Waals surface area contributed by atoms with Crippen molar-refractivity contribution in [3.8, 4) is 11.5 Å². The van der Waals surface area contributed by atoms with Gasteiger partial charge >= 0.3 is 6.36 Å². The second kappa shape index (κ2) is 5.54. The highest BCUT2D eigenvalue weighted by Crippen LogP contribution is 2.35. The van der Waals surface area contributed by atoms with Crippen molar-refractivity contribution in [1.29, 1.82) is 0 Å². The summed E-state index contributed by atoms with van der Waals surface area (Å²) in [6.07, 6.45) is -4.95. The van der Waals surface area contributed by atoms with Gasteiger partial charge in [-0.2, -0.15) is 0 Å². The Morgan fingerprint density at radius 2 is 1.82 bits per heavy atom. The Balaban J connectivity index is 2.94. The summed E-state index contributed by atoms with van der Waals surface area (Å²) >= 11 is 2.77. The Kier molecular flexibility index (Phi) is 4.58. The van der Waals surface area contributed by atoms with Crippen LogP contribution in [0.4, 0.5) is 17.6 Å². The molecule has 0 N–H and O–H groups in total. The van der Waals surface area contributed by atoms with Crippen LogP contribution in [0.5, 0.6) is 11.5 Å². The van der Waals surface area contributed by atoms with E-state index >= 15 is 0 Å². The number of ether oxygens (including phenoxy) is 3. The van der Waals surface area contributed by atoms with Crippen LogP contribution in [0.15, 0.2) is 16.6 Å². The highest BCUT2D eigenvalue weighted by atomic mass is 79.9. The van der Waals surface area contributed by atoms with Crippen molar-refractivity contribution in [1.82, 2.24) is 0 Å². The van der Waals surface area contributed by atoms with Gasteiger partial charge in [-0.3, -0.25) is 0 Å². The third kappa shape index (κ3) is 4.04. The first-order valence-electron chi connectivity index (χ1n) is 4.20. The maximum Gasteiger partial charge on any atom is 0.573 e. The van der Waals surface area contributed by atoms with Crippen molar-refractivity contribution < 1.29 is 31.8 Å². The van der Waals surface area contributed by atoms with E-state index in [2.05, 4.69) is 25.4 Å². The molecule has 0 aliphatic carbocycles. The van der Waals surface area contributed by atoms with E-state index in [1.54, 1.807) is 0 Å².